The first-order valence-electron chi connectivity index (χ1n) is 11.4. The van der Waals surface area contributed by atoms with Crippen molar-refractivity contribution in [3.8, 4) is 0 Å². The van der Waals surface area contributed by atoms with E-state index in [1.165, 1.54) is 30.9 Å². The molecule has 1 aliphatic rings. The standard InChI is InChI=1S/C24H31N5O3S/c1-27(2)33(31,32)19-11-12-22(28-14-6-3-7-15-28)20(17-19)24(30)25-13-8-16-29-18-26-21-9-4-5-10-23(21)29/h4-5,9-12,17-18H,3,6-8,13-16H2,1-2H3,(H,25,30). The van der Waals surface area contributed by atoms with Crippen molar-refractivity contribution in [2.75, 3.05) is 38.6 Å². The van der Waals surface area contributed by atoms with Crippen LogP contribution in [0.25, 0.3) is 11.0 Å². The van der Waals surface area contributed by atoms with E-state index >= 15 is 0 Å². The minimum Gasteiger partial charge on any atom is -0.371 e. The lowest BCUT2D eigenvalue weighted by Crippen LogP contribution is -2.33. The molecule has 0 bridgehead atoms. The number of para-hydroxylation sites is 2. The van der Waals surface area contributed by atoms with Crippen molar-refractivity contribution in [1.82, 2.24) is 19.2 Å². The first kappa shape index (κ1) is 23.3. The van der Waals surface area contributed by atoms with Crippen LogP contribution >= 0.6 is 0 Å². The highest BCUT2D eigenvalue weighted by Crippen LogP contribution is 2.28. The quantitative estimate of drug-likeness (QED) is 0.512. The van der Waals surface area contributed by atoms with Gasteiger partial charge in [-0.1, -0.05) is 12.1 Å². The fourth-order valence-corrected chi connectivity index (χ4v) is 5.14. The van der Waals surface area contributed by atoms with Gasteiger partial charge in [0, 0.05) is 46.0 Å². The molecule has 1 aromatic heterocycles. The van der Waals surface area contributed by atoms with E-state index in [2.05, 4.69) is 19.8 Å². The summed E-state index contributed by atoms with van der Waals surface area (Å²) < 4.78 is 28.6. The topological polar surface area (TPSA) is 87.5 Å². The zero-order valence-corrected chi connectivity index (χ0v) is 20.0. The highest BCUT2D eigenvalue weighted by atomic mass is 32.2. The Balaban J connectivity index is 1.49. The Bertz CT molecular complexity index is 1230. The van der Waals surface area contributed by atoms with Gasteiger partial charge in [-0.15, -0.1) is 0 Å². The number of carbonyl (C=O) groups excluding carboxylic acids is 1. The molecule has 0 saturated carbocycles. The molecule has 0 atom stereocenters. The summed E-state index contributed by atoms with van der Waals surface area (Å²) in [5.41, 5.74) is 3.22. The normalized spacial score (nSPS) is 14.7. The van der Waals surface area contributed by atoms with Gasteiger partial charge in [-0.3, -0.25) is 4.79 Å². The van der Waals surface area contributed by atoms with E-state index in [0.29, 0.717) is 12.1 Å². The SMILES string of the molecule is CN(C)S(=O)(=O)c1ccc(N2CCCCC2)c(C(=O)NCCCn2cnc3ccccc32)c1. The Morgan fingerprint density at radius 2 is 1.85 bits per heavy atom. The van der Waals surface area contributed by atoms with Crippen molar-refractivity contribution in [2.24, 2.45) is 0 Å². The second kappa shape index (κ2) is 9.93. The number of anilines is 1. The molecule has 33 heavy (non-hydrogen) atoms. The number of nitrogens with one attached hydrogen (secondary N) is 1. The van der Waals surface area contributed by atoms with Crippen LogP contribution in [0, 0.1) is 0 Å². The van der Waals surface area contributed by atoms with Crippen molar-refractivity contribution in [3.05, 3.63) is 54.4 Å². The molecule has 1 amide bonds. The number of nitrogens with zero attached hydrogens (tertiary/aromatic N) is 4. The second-order valence-electron chi connectivity index (χ2n) is 8.55. The molecule has 9 heteroatoms. The van der Waals surface area contributed by atoms with E-state index < -0.39 is 10.0 Å². The lowest BCUT2D eigenvalue weighted by Gasteiger charge is -2.30. The summed E-state index contributed by atoms with van der Waals surface area (Å²) >= 11 is 0. The van der Waals surface area contributed by atoms with Gasteiger partial charge in [-0.25, -0.2) is 17.7 Å². The molecule has 0 radical (unpaired) electrons. The maximum absolute atomic E-state index is 13.2. The monoisotopic (exact) mass is 469 g/mol. The molecule has 1 aliphatic heterocycles. The van der Waals surface area contributed by atoms with Crippen LogP contribution in [0.4, 0.5) is 5.69 Å². The number of carbonyl (C=O) groups is 1. The van der Waals surface area contributed by atoms with E-state index in [-0.39, 0.29) is 10.8 Å². The second-order valence-corrected chi connectivity index (χ2v) is 10.7. The first-order valence-corrected chi connectivity index (χ1v) is 12.8. The lowest BCUT2D eigenvalue weighted by molar-refractivity contribution is 0.0953. The van der Waals surface area contributed by atoms with Gasteiger partial charge in [0.25, 0.3) is 5.91 Å². The Labute approximate surface area is 195 Å². The molecule has 4 rings (SSSR count). The summed E-state index contributed by atoms with van der Waals surface area (Å²) in [5, 5.41) is 2.99. The summed E-state index contributed by atoms with van der Waals surface area (Å²) in [4.78, 5) is 19.9. The van der Waals surface area contributed by atoms with Crippen molar-refractivity contribution < 1.29 is 13.2 Å². The number of imidazole rings is 1. The van der Waals surface area contributed by atoms with Crippen LogP contribution in [0.3, 0.4) is 0 Å². The van der Waals surface area contributed by atoms with Gasteiger partial charge >= 0.3 is 0 Å². The van der Waals surface area contributed by atoms with E-state index in [4.69, 9.17) is 0 Å². The van der Waals surface area contributed by atoms with Crippen LogP contribution in [0.5, 0.6) is 0 Å². The number of rotatable bonds is 8. The molecular weight excluding hydrogens is 438 g/mol. The summed E-state index contributed by atoms with van der Waals surface area (Å²) in [6, 6.07) is 12.8. The van der Waals surface area contributed by atoms with Gasteiger partial charge < -0.3 is 14.8 Å². The summed E-state index contributed by atoms with van der Waals surface area (Å²) in [7, 11) is -0.644. The third-order valence-corrected chi connectivity index (χ3v) is 7.89. The average molecular weight is 470 g/mol. The number of amides is 1. The summed E-state index contributed by atoms with van der Waals surface area (Å²) in [6.07, 6.45) is 5.86. The van der Waals surface area contributed by atoms with E-state index in [0.717, 1.165) is 55.6 Å². The molecular formula is C24H31N5O3S. The van der Waals surface area contributed by atoms with E-state index in [1.807, 2.05) is 30.6 Å². The third kappa shape index (κ3) is 5.04. The fraction of sp³-hybridized carbons (Fsp3) is 0.417. The highest BCUT2D eigenvalue weighted by molar-refractivity contribution is 7.89. The van der Waals surface area contributed by atoms with Crippen LogP contribution in [0.1, 0.15) is 36.0 Å². The Morgan fingerprint density at radius 3 is 2.61 bits per heavy atom. The van der Waals surface area contributed by atoms with Gasteiger partial charge in [0.1, 0.15) is 0 Å². The number of aryl methyl sites for hydroxylation is 1. The van der Waals surface area contributed by atoms with Crippen molar-refractivity contribution in [3.63, 3.8) is 0 Å². The maximum Gasteiger partial charge on any atom is 0.253 e. The minimum absolute atomic E-state index is 0.128. The van der Waals surface area contributed by atoms with Crippen LogP contribution in [-0.4, -0.2) is 61.9 Å². The predicted octanol–water partition coefficient (Wildman–Crippen LogP) is 3.10. The van der Waals surface area contributed by atoms with Crippen molar-refractivity contribution in [1.29, 1.82) is 0 Å². The number of aromatic nitrogens is 2. The van der Waals surface area contributed by atoms with Gasteiger partial charge in [-0.05, 0) is 56.0 Å². The molecule has 2 aromatic carbocycles. The van der Waals surface area contributed by atoms with Gasteiger partial charge in [0.15, 0.2) is 0 Å². The fourth-order valence-electron chi connectivity index (χ4n) is 4.21. The van der Waals surface area contributed by atoms with Crippen LogP contribution in [0.2, 0.25) is 0 Å². The molecule has 176 valence electrons. The number of piperidine rings is 1. The molecule has 0 spiro atoms. The van der Waals surface area contributed by atoms with Gasteiger partial charge in [-0.2, -0.15) is 0 Å². The lowest BCUT2D eigenvalue weighted by atomic mass is 10.1. The molecule has 1 N–H and O–H groups in total. The zero-order chi connectivity index (χ0) is 23.4. The Hall–Kier alpha value is -2.91. The maximum atomic E-state index is 13.2. The zero-order valence-electron chi connectivity index (χ0n) is 19.2. The number of hydrogen-bond acceptors (Lipinski definition) is 5. The smallest absolute Gasteiger partial charge is 0.253 e. The molecule has 2 heterocycles. The largest absolute Gasteiger partial charge is 0.371 e. The van der Waals surface area contributed by atoms with E-state index in [9.17, 15) is 13.2 Å². The van der Waals surface area contributed by atoms with E-state index in [1.54, 1.807) is 12.1 Å². The number of sulfonamides is 1. The predicted molar refractivity (Wildman–Crippen MR) is 130 cm³/mol. The molecule has 1 fully saturated rings. The number of fused-ring (bicyclic) bond motifs is 1. The number of benzene rings is 2. The van der Waals surface area contributed by atoms with Gasteiger partial charge in [0.05, 0.1) is 27.8 Å². The third-order valence-electron chi connectivity index (χ3n) is 6.08. The summed E-state index contributed by atoms with van der Waals surface area (Å²) in [6.45, 7) is 2.95. The van der Waals surface area contributed by atoms with Gasteiger partial charge in [0.2, 0.25) is 10.0 Å². The number of hydrogen-bond donors (Lipinski definition) is 1. The Kier molecular flexibility index (Phi) is 6.99. The molecule has 3 aromatic rings. The average Bonchev–Trinajstić information content (AvgIpc) is 3.25. The minimum atomic E-state index is -3.63. The molecule has 1 saturated heterocycles. The van der Waals surface area contributed by atoms with Crippen molar-refractivity contribution in [2.45, 2.75) is 37.1 Å². The molecule has 8 nitrogen and oxygen atoms in total. The Morgan fingerprint density at radius 1 is 1.09 bits per heavy atom. The first-order chi connectivity index (χ1) is 15.9. The van der Waals surface area contributed by atoms with Crippen LogP contribution < -0.4 is 10.2 Å². The molecule has 0 unspecified atom stereocenters. The molecule has 0 aliphatic carbocycles. The van der Waals surface area contributed by atoms with Crippen LogP contribution in [-0.2, 0) is 16.6 Å². The van der Waals surface area contributed by atoms with Crippen molar-refractivity contribution >= 4 is 32.7 Å². The van der Waals surface area contributed by atoms with Crippen LogP contribution in [0.15, 0.2) is 53.7 Å². The highest BCUT2D eigenvalue weighted by Gasteiger charge is 2.24. The summed E-state index contributed by atoms with van der Waals surface area (Å²) in [5.74, 6) is -0.248.